The van der Waals surface area contributed by atoms with Crippen LogP contribution in [0.1, 0.15) is 33.1 Å². The Morgan fingerprint density at radius 2 is 1.89 bits per heavy atom. The molecule has 0 aromatic heterocycles. The van der Waals surface area contributed by atoms with Crippen LogP contribution in [-0.4, -0.2) is 47.7 Å². The zero-order valence-corrected chi connectivity index (χ0v) is 11.1. The van der Waals surface area contributed by atoms with Gasteiger partial charge in [0, 0.05) is 19.0 Å². The first-order chi connectivity index (χ1) is 8.90. The second-order valence-electron chi connectivity index (χ2n) is 4.79. The molecule has 3 N–H and O–H groups in total. The van der Waals surface area contributed by atoms with Crippen LogP contribution >= 0.6 is 0 Å². The number of hydrogen-bond acceptors (Lipinski definition) is 4. The smallest absolute Gasteiger partial charge is 0.332 e. The minimum Gasteiger partial charge on any atom is -0.479 e. The number of carbonyl (C=O) groups is 3. The molecule has 0 spiro atoms. The van der Waals surface area contributed by atoms with E-state index in [1.807, 2.05) is 13.8 Å². The molecule has 0 saturated carbocycles. The van der Waals surface area contributed by atoms with E-state index in [1.165, 1.54) is 0 Å². The zero-order chi connectivity index (χ0) is 14.4. The number of hydrogen-bond donors (Lipinski definition) is 3. The molecule has 2 atom stereocenters. The van der Waals surface area contributed by atoms with Gasteiger partial charge in [-0.25, -0.2) is 4.79 Å². The van der Waals surface area contributed by atoms with Gasteiger partial charge in [-0.15, -0.1) is 0 Å². The van der Waals surface area contributed by atoms with Gasteiger partial charge >= 0.3 is 5.97 Å². The van der Waals surface area contributed by atoms with E-state index in [4.69, 9.17) is 9.84 Å². The summed E-state index contributed by atoms with van der Waals surface area (Å²) in [4.78, 5) is 33.6. The highest BCUT2D eigenvalue weighted by Gasteiger charge is 2.34. The van der Waals surface area contributed by atoms with Gasteiger partial charge in [-0.2, -0.15) is 0 Å². The number of amides is 2. The lowest BCUT2D eigenvalue weighted by molar-refractivity contribution is -0.151. The summed E-state index contributed by atoms with van der Waals surface area (Å²) in [7, 11) is 0. The Bertz CT molecular complexity index is 356. The lowest BCUT2D eigenvalue weighted by Gasteiger charge is -2.12. The predicted molar refractivity (Wildman–Crippen MR) is 66.4 cm³/mol. The highest BCUT2D eigenvalue weighted by atomic mass is 16.5. The van der Waals surface area contributed by atoms with Crippen molar-refractivity contribution in [2.45, 2.75) is 51.4 Å². The molecule has 0 aromatic carbocycles. The summed E-state index contributed by atoms with van der Waals surface area (Å²) in [6.45, 7) is 3.93. The van der Waals surface area contributed by atoms with Gasteiger partial charge in [-0.1, -0.05) is 0 Å². The molecular formula is C12H20N2O5. The maximum absolute atomic E-state index is 11.7. The Morgan fingerprint density at radius 1 is 1.26 bits per heavy atom. The third-order valence-electron chi connectivity index (χ3n) is 2.69. The second-order valence-corrected chi connectivity index (χ2v) is 4.79. The summed E-state index contributed by atoms with van der Waals surface area (Å²) in [5.74, 6) is -1.54. The van der Waals surface area contributed by atoms with E-state index in [1.54, 1.807) is 0 Å². The molecule has 1 heterocycles. The number of rotatable bonds is 6. The number of ether oxygens (including phenoxy) is 1. The van der Waals surface area contributed by atoms with Crippen molar-refractivity contribution in [1.29, 1.82) is 0 Å². The molecule has 2 amide bonds. The van der Waals surface area contributed by atoms with Crippen molar-refractivity contribution in [3.8, 4) is 0 Å². The monoisotopic (exact) mass is 272 g/mol. The minimum absolute atomic E-state index is 0.0673. The molecule has 108 valence electrons. The van der Waals surface area contributed by atoms with Crippen LogP contribution in [0.25, 0.3) is 0 Å². The average Bonchev–Trinajstić information content (AvgIpc) is 2.76. The highest BCUT2D eigenvalue weighted by Crippen LogP contribution is 2.19. The molecule has 0 bridgehead atoms. The first-order valence-corrected chi connectivity index (χ1v) is 6.35. The third kappa shape index (κ3) is 5.25. The molecular weight excluding hydrogens is 252 g/mol. The molecule has 19 heavy (non-hydrogen) atoms. The van der Waals surface area contributed by atoms with Crippen LogP contribution < -0.4 is 10.6 Å². The lowest BCUT2D eigenvalue weighted by atomic mass is 10.2. The third-order valence-corrected chi connectivity index (χ3v) is 2.69. The zero-order valence-electron chi connectivity index (χ0n) is 11.1. The maximum atomic E-state index is 11.7. The van der Waals surface area contributed by atoms with Crippen molar-refractivity contribution in [2.24, 2.45) is 0 Å². The van der Waals surface area contributed by atoms with Gasteiger partial charge in [0.1, 0.15) is 6.10 Å². The van der Waals surface area contributed by atoms with Crippen molar-refractivity contribution in [3.63, 3.8) is 0 Å². The van der Waals surface area contributed by atoms with Crippen molar-refractivity contribution >= 4 is 17.8 Å². The fourth-order valence-electron chi connectivity index (χ4n) is 1.82. The van der Waals surface area contributed by atoms with Crippen LogP contribution in [0, 0.1) is 0 Å². The Kier molecular flexibility index (Phi) is 5.75. The number of nitrogens with one attached hydrogen (secondary N) is 2. The van der Waals surface area contributed by atoms with E-state index >= 15 is 0 Å². The average molecular weight is 272 g/mol. The maximum Gasteiger partial charge on any atom is 0.332 e. The Balaban J connectivity index is 2.22. The van der Waals surface area contributed by atoms with Crippen molar-refractivity contribution in [1.82, 2.24) is 10.6 Å². The fourth-order valence-corrected chi connectivity index (χ4v) is 1.82. The standard InChI is InChI=1S/C12H20N2O5/c1-7(2)14-10(15)5-6-13-11(16)8-3-4-9(19-8)12(17)18/h7-9H,3-6H2,1-2H3,(H,13,16)(H,14,15)(H,17,18)/t8-,9+/m0/s1. The van der Waals surface area contributed by atoms with Gasteiger partial charge in [0.25, 0.3) is 0 Å². The molecule has 1 saturated heterocycles. The number of carboxylic acid groups (broad SMARTS) is 1. The summed E-state index contributed by atoms with van der Waals surface area (Å²) in [6, 6.07) is 0.0673. The van der Waals surface area contributed by atoms with Gasteiger partial charge in [-0.3, -0.25) is 9.59 Å². The van der Waals surface area contributed by atoms with Gasteiger partial charge in [0.05, 0.1) is 0 Å². The lowest BCUT2D eigenvalue weighted by Crippen LogP contribution is -2.38. The van der Waals surface area contributed by atoms with Crippen molar-refractivity contribution < 1.29 is 24.2 Å². The van der Waals surface area contributed by atoms with Crippen LogP contribution in [-0.2, 0) is 19.1 Å². The summed E-state index contributed by atoms with van der Waals surface area (Å²) < 4.78 is 5.09. The van der Waals surface area contributed by atoms with Crippen LogP contribution in [0.5, 0.6) is 0 Å². The van der Waals surface area contributed by atoms with Crippen LogP contribution in [0.2, 0.25) is 0 Å². The molecule has 0 unspecified atom stereocenters. The molecule has 7 nitrogen and oxygen atoms in total. The molecule has 0 aromatic rings. The largest absolute Gasteiger partial charge is 0.479 e. The van der Waals surface area contributed by atoms with Gasteiger partial charge < -0.3 is 20.5 Å². The normalized spacial score (nSPS) is 22.3. The minimum atomic E-state index is -1.05. The molecule has 1 rings (SSSR count). The first kappa shape index (κ1) is 15.4. The molecule has 0 radical (unpaired) electrons. The van der Waals surface area contributed by atoms with Crippen LogP contribution in [0.3, 0.4) is 0 Å². The predicted octanol–water partition coefficient (Wildman–Crippen LogP) is -0.350. The van der Waals surface area contributed by atoms with Crippen molar-refractivity contribution in [2.75, 3.05) is 6.54 Å². The van der Waals surface area contributed by atoms with Gasteiger partial charge in [-0.05, 0) is 26.7 Å². The fraction of sp³-hybridized carbons (Fsp3) is 0.750. The van der Waals surface area contributed by atoms with E-state index in [-0.39, 0.29) is 30.8 Å². The van der Waals surface area contributed by atoms with E-state index in [2.05, 4.69) is 10.6 Å². The number of carboxylic acids is 1. The van der Waals surface area contributed by atoms with E-state index in [9.17, 15) is 14.4 Å². The summed E-state index contributed by atoms with van der Waals surface area (Å²) in [5, 5.41) is 14.0. The van der Waals surface area contributed by atoms with E-state index in [0.29, 0.717) is 12.8 Å². The van der Waals surface area contributed by atoms with E-state index in [0.717, 1.165) is 0 Å². The molecule has 1 aliphatic heterocycles. The Hall–Kier alpha value is -1.63. The molecule has 7 heteroatoms. The van der Waals surface area contributed by atoms with E-state index < -0.39 is 18.2 Å². The van der Waals surface area contributed by atoms with Crippen molar-refractivity contribution in [3.05, 3.63) is 0 Å². The molecule has 0 aliphatic carbocycles. The quantitative estimate of drug-likeness (QED) is 0.613. The van der Waals surface area contributed by atoms with Crippen LogP contribution in [0.4, 0.5) is 0 Å². The van der Waals surface area contributed by atoms with Crippen LogP contribution in [0.15, 0.2) is 0 Å². The first-order valence-electron chi connectivity index (χ1n) is 6.35. The number of aliphatic carboxylic acids is 1. The number of carbonyl (C=O) groups excluding carboxylic acids is 2. The summed E-state index contributed by atoms with van der Waals surface area (Å²) in [6.07, 6.45) is -0.712. The molecule has 1 fully saturated rings. The molecule has 1 aliphatic rings. The SMILES string of the molecule is CC(C)NC(=O)CCNC(=O)[C@@H]1CC[C@H](C(=O)O)O1. The Labute approximate surface area is 111 Å². The topological polar surface area (TPSA) is 105 Å². The second kappa shape index (κ2) is 7.08. The van der Waals surface area contributed by atoms with Gasteiger partial charge in [0.2, 0.25) is 11.8 Å². The summed E-state index contributed by atoms with van der Waals surface area (Å²) >= 11 is 0. The highest BCUT2D eigenvalue weighted by molar-refractivity contribution is 5.83. The Morgan fingerprint density at radius 3 is 2.42 bits per heavy atom. The van der Waals surface area contributed by atoms with Gasteiger partial charge in [0.15, 0.2) is 6.10 Å². The summed E-state index contributed by atoms with van der Waals surface area (Å²) in [5.41, 5.74) is 0.